The van der Waals surface area contributed by atoms with Crippen molar-refractivity contribution in [2.45, 2.75) is 63.8 Å². The van der Waals surface area contributed by atoms with Crippen LogP contribution in [0.4, 0.5) is 4.39 Å². The number of aryl methyl sites for hydroxylation is 1. The molecule has 0 unspecified atom stereocenters. The van der Waals surface area contributed by atoms with Gasteiger partial charge in [0.05, 0.1) is 6.54 Å². The summed E-state index contributed by atoms with van der Waals surface area (Å²) >= 11 is 0. The van der Waals surface area contributed by atoms with E-state index in [1.165, 1.54) is 6.92 Å². The summed E-state index contributed by atoms with van der Waals surface area (Å²) in [5.74, 6) is 0.514. The minimum Gasteiger partial charge on any atom is -0.454 e. The van der Waals surface area contributed by atoms with E-state index in [2.05, 4.69) is 21.3 Å². The third-order valence-corrected chi connectivity index (χ3v) is 7.26. The van der Waals surface area contributed by atoms with Gasteiger partial charge < -0.3 is 9.26 Å². The van der Waals surface area contributed by atoms with Crippen molar-refractivity contribution in [2.24, 2.45) is 0 Å². The molecule has 0 amide bonds. The molecule has 2 aliphatic carbocycles. The maximum absolute atomic E-state index is 14.6. The number of ether oxygens (including phenoxy) is 1. The third-order valence-electron chi connectivity index (χ3n) is 7.26. The first-order valence-electron chi connectivity index (χ1n) is 12.3. The van der Waals surface area contributed by atoms with Gasteiger partial charge in [0.25, 0.3) is 5.89 Å². The fourth-order valence-electron chi connectivity index (χ4n) is 4.88. The highest BCUT2D eigenvalue weighted by atomic mass is 19.1. The molecule has 0 aliphatic heterocycles. The number of carbonyl (C=O) groups is 1. The average Bonchev–Trinajstić information content (AvgIpc) is 3.29. The molecule has 0 N–H and O–H groups in total. The SMILES string of the molecule is CC(=O)OC1(c2cccc(Cn3nc(-c4nc(-c5ccc(C6(F)CCC6)cc5)no4)cc3C)c2)CC1. The van der Waals surface area contributed by atoms with Gasteiger partial charge in [0, 0.05) is 18.2 Å². The lowest BCUT2D eigenvalue weighted by Gasteiger charge is -2.34. The van der Waals surface area contributed by atoms with E-state index in [1.54, 1.807) is 0 Å². The van der Waals surface area contributed by atoms with Crippen molar-refractivity contribution in [3.05, 3.63) is 77.0 Å². The summed E-state index contributed by atoms with van der Waals surface area (Å²) in [5, 5.41) is 8.80. The highest BCUT2D eigenvalue weighted by Gasteiger charge is 2.48. The first-order valence-corrected chi connectivity index (χ1v) is 12.3. The van der Waals surface area contributed by atoms with Crippen LogP contribution in [-0.4, -0.2) is 25.9 Å². The van der Waals surface area contributed by atoms with Crippen molar-refractivity contribution in [3.63, 3.8) is 0 Å². The molecule has 36 heavy (non-hydrogen) atoms. The molecule has 184 valence electrons. The Kier molecular flexibility index (Phi) is 5.28. The minimum atomic E-state index is -1.19. The molecule has 2 aliphatic rings. The molecular formula is C28H27FN4O3. The lowest BCUT2D eigenvalue weighted by molar-refractivity contribution is -0.149. The molecule has 0 atom stereocenters. The van der Waals surface area contributed by atoms with E-state index in [1.807, 2.05) is 60.1 Å². The predicted octanol–water partition coefficient (Wildman–Crippen LogP) is 5.86. The molecule has 2 aromatic heterocycles. The van der Waals surface area contributed by atoms with Gasteiger partial charge in [0.15, 0.2) is 5.69 Å². The second kappa shape index (κ2) is 8.40. The molecule has 0 bridgehead atoms. The monoisotopic (exact) mass is 486 g/mol. The lowest BCUT2D eigenvalue weighted by Crippen LogP contribution is -2.28. The molecule has 2 fully saturated rings. The summed E-state index contributed by atoms with van der Waals surface area (Å²) in [6.07, 6.45) is 3.78. The maximum atomic E-state index is 14.6. The number of esters is 1. The van der Waals surface area contributed by atoms with Gasteiger partial charge in [0.2, 0.25) is 5.82 Å². The normalized spacial score (nSPS) is 17.4. The van der Waals surface area contributed by atoms with Gasteiger partial charge in [0.1, 0.15) is 11.3 Å². The number of carbonyl (C=O) groups excluding carboxylic acids is 1. The van der Waals surface area contributed by atoms with Gasteiger partial charge in [-0.25, -0.2) is 4.39 Å². The van der Waals surface area contributed by atoms with Gasteiger partial charge in [-0.1, -0.05) is 47.6 Å². The van der Waals surface area contributed by atoms with Crippen LogP contribution in [0.1, 0.15) is 61.4 Å². The Balaban J connectivity index is 1.19. The van der Waals surface area contributed by atoms with E-state index in [-0.39, 0.29) is 5.97 Å². The van der Waals surface area contributed by atoms with Crippen LogP contribution in [0.25, 0.3) is 23.0 Å². The molecule has 2 heterocycles. The van der Waals surface area contributed by atoms with Gasteiger partial charge in [-0.2, -0.15) is 10.1 Å². The molecule has 8 heteroatoms. The zero-order chi connectivity index (χ0) is 24.9. The van der Waals surface area contributed by atoms with E-state index in [0.717, 1.165) is 41.6 Å². The molecule has 7 nitrogen and oxygen atoms in total. The summed E-state index contributed by atoms with van der Waals surface area (Å²) in [6, 6.07) is 17.3. The van der Waals surface area contributed by atoms with Gasteiger partial charge in [-0.05, 0) is 67.9 Å². The number of hydrogen-bond acceptors (Lipinski definition) is 6. The van der Waals surface area contributed by atoms with E-state index < -0.39 is 11.3 Å². The molecule has 2 aromatic carbocycles. The van der Waals surface area contributed by atoms with E-state index >= 15 is 0 Å². The second-order valence-electron chi connectivity index (χ2n) is 9.94. The molecule has 0 saturated heterocycles. The average molecular weight is 487 g/mol. The van der Waals surface area contributed by atoms with Gasteiger partial charge >= 0.3 is 5.97 Å². The largest absolute Gasteiger partial charge is 0.454 e. The smallest absolute Gasteiger partial charge is 0.303 e. The molecule has 0 radical (unpaired) electrons. The lowest BCUT2D eigenvalue weighted by atomic mass is 9.77. The van der Waals surface area contributed by atoms with Crippen LogP contribution in [0.3, 0.4) is 0 Å². The number of rotatable bonds is 7. The number of nitrogens with zero attached hydrogens (tertiary/aromatic N) is 4. The van der Waals surface area contributed by atoms with Crippen LogP contribution in [0.2, 0.25) is 0 Å². The standard InChI is InChI=1S/C28H27FN4O3/c1-18-15-24(26-30-25(32-36-26)21-7-9-22(10-8-21)27(29)11-4-12-27)31-33(18)17-20-5-3-6-23(16-20)28(13-14-28)35-19(2)34/h3,5-10,15-16H,4,11-14,17H2,1-2H3. The van der Waals surface area contributed by atoms with E-state index in [4.69, 9.17) is 9.26 Å². The summed E-state index contributed by atoms with van der Waals surface area (Å²) < 4.78 is 27.6. The molecule has 4 aromatic rings. The maximum Gasteiger partial charge on any atom is 0.303 e. The number of benzene rings is 2. The molecular weight excluding hydrogens is 459 g/mol. The fraction of sp³-hybridized carbons (Fsp3) is 0.357. The Labute approximate surface area is 208 Å². The summed E-state index contributed by atoms with van der Waals surface area (Å²) in [4.78, 5) is 16.0. The highest BCUT2D eigenvalue weighted by molar-refractivity contribution is 5.67. The highest BCUT2D eigenvalue weighted by Crippen LogP contribution is 2.49. The van der Waals surface area contributed by atoms with Crippen molar-refractivity contribution in [3.8, 4) is 23.0 Å². The Bertz CT molecular complexity index is 1430. The van der Waals surface area contributed by atoms with Crippen molar-refractivity contribution in [2.75, 3.05) is 0 Å². The Morgan fingerprint density at radius 1 is 1.08 bits per heavy atom. The topological polar surface area (TPSA) is 83.0 Å². The summed E-state index contributed by atoms with van der Waals surface area (Å²) in [5.41, 5.74) is 3.43. The Morgan fingerprint density at radius 3 is 2.53 bits per heavy atom. The zero-order valence-corrected chi connectivity index (χ0v) is 20.3. The van der Waals surface area contributed by atoms with Gasteiger partial charge in [-0.3, -0.25) is 9.48 Å². The first-order chi connectivity index (χ1) is 17.3. The van der Waals surface area contributed by atoms with Crippen molar-refractivity contribution in [1.29, 1.82) is 0 Å². The third kappa shape index (κ3) is 4.10. The van der Waals surface area contributed by atoms with Crippen LogP contribution >= 0.6 is 0 Å². The summed E-state index contributed by atoms with van der Waals surface area (Å²) in [6.45, 7) is 3.99. The minimum absolute atomic E-state index is 0.259. The Hall–Kier alpha value is -3.81. The van der Waals surface area contributed by atoms with Gasteiger partial charge in [-0.15, -0.1) is 0 Å². The molecule has 2 saturated carbocycles. The number of aromatic nitrogens is 4. The molecule has 6 rings (SSSR count). The zero-order valence-electron chi connectivity index (χ0n) is 20.3. The molecule has 0 spiro atoms. The van der Waals surface area contributed by atoms with Crippen LogP contribution in [-0.2, 0) is 27.3 Å². The van der Waals surface area contributed by atoms with E-state index in [0.29, 0.717) is 42.4 Å². The van der Waals surface area contributed by atoms with Crippen LogP contribution in [0, 0.1) is 6.92 Å². The number of alkyl halides is 1. The van der Waals surface area contributed by atoms with Crippen LogP contribution in [0.5, 0.6) is 0 Å². The first kappa shape index (κ1) is 22.6. The van der Waals surface area contributed by atoms with Crippen molar-refractivity contribution >= 4 is 5.97 Å². The quantitative estimate of drug-likeness (QED) is 0.304. The second-order valence-corrected chi connectivity index (χ2v) is 9.94. The fourth-order valence-corrected chi connectivity index (χ4v) is 4.88. The Morgan fingerprint density at radius 2 is 1.86 bits per heavy atom. The van der Waals surface area contributed by atoms with Crippen LogP contribution < -0.4 is 0 Å². The van der Waals surface area contributed by atoms with E-state index in [9.17, 15) is 9.18 Å². The van der Waals surface area contributed by atoms with Crippen molar-refractivity contribution < 1.29 is 18.4 Å². The number of halogens is 1. The van der Waals surface area contributed by atoms with Crippen molar-refractivity contribution in [1.82, 2.24) is 19.9 Å². The number of hydrogen-bond donors (Lipinski definition) is 0. The predicted molar refractivity (Wildman–Crippen MR) is 131 cm³/mol. The van der Waals surface area contributed by atoms with Crippen LogP contribution in [0.15, 0.2) is 59.1 Å². The summed E-state index contributed by atoms with van der Waals surface area (Å²) in [7, 11) is 0.